The zero-order chi connectivity index (χ0) is 14.3. The molecular weight excluding hydrogens is 277 g/mol. The van der Waals surface area contributed by atoms with E-state index in [-0.39, 0.29) is 5.82 Å². The number of nitrogens with zero attached hydrogens (tertiary/aromatic N) is 2. The highest BCUT2D eigenvalue weighted by atomic mass is 35.5. The maximum Gasteiger partial charge on any atom is 0.144 e. The van der Waals surface area contributed by atoms with Gasteiger partial charge >= 0.3 is 0 Å². The van der Waals surface area contributed by atoms with Crippen molar-refractivity contribution in [2.24, 2.45) is 0 Å². The van der Waals surface area contributed by atoms with E-state index in [2.05, 4.69) is 4.98 Å². The maximum absolute atomic E-state index is 14.1. The number of halogens is 2. The summed E-state index contributed by atoms with van der Waals surface area (Å²) >= 11 is 6.23. The highest BCUT2D eigenvalue weighted by Gasteiger charge is 2.16. The molecule has 0 saturated carbocycles. The molecule has 0 aliphatic carbocycles. The third-order valence-electron chi connectivity index (χ3n) is 3.26. The van der Waals surface area contributed by atoms with E-state index in [1.54, 1.807) is 12.1 Å². The molecule has 0 fully saturated rings. The summed E-state index contributed by atoms with van der Waals surface area (Å²) < 4.78 is 16.0. The number of nitrogens with two attached hydrogens (primary N) is 1. The van der Waals surface area contributed by atoms with Crippen molar-refractivity contribution in [1.82, 2.24) is 9.55 Å². The Morgan fingerprint density at radius 1 is 1.30 bits per heavy atom. The number of imidazole rings is 1. The largest absolute Gasteiger partial charge is 0.399 e. The fraction of sp³-hybridized carbons (Fsp3) is 0.133. The number of para-hydroxylation sites is 1. The summed E-state index contributed by atoms with van der Waals surface area (Å²) in [7, 11) is 0. The minimum Gasteiger partial charge on any atom is -0.399 e. The van der Waals surface area contributed by atoms with Gasteiger partial charge in [-0.3, -0.25) is 0 Å². The van der Waals surface area contributed by atoms with Crippen LogP contribution in [0.3, 0.4) is 0 Å². The molecule has 0 radical (unpaired) electrons. The molecule has 1 heterocycles. The normalized spacial score (nSPS) is 11.2. The Hall–Kier alpha value is -2.07. The van der Waals surface area contributed by atoms with Crippen molar-refractivity contribution in [2.45, 2.75) is 13.5 Å². The number of hydrogen-bond donors (Lipinski definition) is 1. The van der Waals surface area contributed by atoms with Crippen molar-refractivity contribution in [3.05, 3.63) is 47.2 Å². The van der Waals surface area contributed by atoms with E-state index in [1.807, 2.05) is 23.6 Å². The number of benzene rings is 2. The first-order valence-electron chi connectivity index (χ1n) is 6.32. The first-order valence-corrected chi connectivity index (χ1v) is 6.69. The van der Waals surface area contributed by atoms with Crippen LogP contribution in [0.2, 0.25) is 5.02 Å². The molecule has 0 bridgehead atoms. The number of anilines is 1. The van der Waals surface area contributed by atoms with E-state index in [0.29, 0.717) is 28.6 Å². The van der Waals surface area contributed by atoms with Gasteiger partial charge in [-0.05, 0) is 37.3 Å². The standard InChI is InChI=1S/C15H13ClFN3/c1-2-20-14-11(16)4-3-5-13(14)19-15(20)10-8-9(18)6-7-12(10)17/h3-8H,2,18H2,1H3. The number of aromatic nitrogens is 2. The molecule has 3 rings (SSSR count). The number of nitrogen functional groups attached to an aromatic ring is 1. The van der Waals surface area contributed by atoms with Crippen molar-refractivity contribution in [3.8, 4) is 11.4 Å². The highest BCUT2D eigenvalue weighted by Crippen LogP contribution is 2.31. The van der Waals surface area contributed by atoms with E-state index in [1.165, 1.54) is 12.1 Å². The molecule has 0 atom stereocenters. The van der Waals surface area contributed by atoms with Crippen molar-refractivity contribution >= 4 is 28.3 Å². The van der Waals surface area contributed by atoms with Gasteiger partial charge in [-0.25, -0.2) is 9.37 Å². The predicted octanol–water partition coefficient (Wildman–Crippen LogP) is 4.10. The lowest BCUT2D eigenvalue weighted by Crippen LogP contribution is -2.00. The Balaban J connectivity index is 2.36. The van der Waals surface area contributed by atoms with Crippen LogP contribution in [-0.4, -0.2) is 9.55 Å². The Morgan fingerprint density at radius 2 is 2.10 bits per heavy atom. The number of fused-ring (bicyclic) bond motifs is 1. The molecule has 0 aliphatic rings. The fourth-order valence-electron chi connectivity index (χ4n) is 2.37. The van der Waals surface area contributed by atoms with Gasteiger partial charge in [-0.1, -0.05) is 17.7 Å². The summed E-state index contributed by atoms with van der Waals surface area (Å²) in [6.07, 6.45) is 0. The van der Waals surface area contributed by atoms with E-state index >= 15 is 0 Å². The fourth-order valence-corrected chi connectivity index (χ4v) is 2.64. The number of hydrogen-bond acceptors (Lipinski definition) is 2. The lowest BCUT2D eigenvalue weighted by atomic mass is 10.1. The van der Waals surface area contributed by atoms with Gasteiger partial charge in [-0.2, -0.15) is 0 Å². The summed E-state index contributed by atoms with van der Waals surface area (Å²) in [4.78, 5) is 4.50. The van der Waals surface area contributed by atoms with Gasteiger partial charge in [0.05, 0.1) is 21.6 Å². The smallest absolute Gasteiger partial charge is 0.144 e. The third-order valence-corrected chi connectivity index (χ3v) is 3.57. The van der Waals surface area contributed by atoms with Gasteiger partial charge in [0.15, 0.2) is 0 Å². The SMILES string of the molecule is CCn1c(-c2cc(N)ccc2F)nc2cccc(Cl)c21. The second kappa shape index (κ2) is 4.80. The number of aryl methyl sites for hydroxylation is 1. The molecule has 20 heavy (non-hydrogen) atoms. The van der Waals surface area contributed by atoms with Crippen LogP contribution in [0.4, 0.5) is 10.1 Å². The quantitative estimate of drug-likeness (QED) is 0.722. The molecule has 0 spiro atoms. The summed E-state index contributed by atoms with van der Waals surface area (Å²) in [6.45, 7) is 2.61. The minimum absolute atomic E-state index is 0.347. The Morgan fingerprint density at radius 3 is 2.85 bits per heavy atom. The molecule has 3 aromatic rings. The Bertz CT molecular complexity index is 795. The van der Waals surface area contributed by atoms with Gasteiger partial charge in [0.25, 0.3) is 0 Å². The van der Waals surface area contributed by atoms with Crippen LogP contribution in [0.25, 0.3) is 22.4 Å². The average molecular weight is 290 g/mol. The van der Waals surface area contributed by atoms with Crippen LogP contribution >= 0.6 is 11.6 Å². The van der Waals surface area contributed by atoms with Crippen LogP contribution in [0.15, 0.2) is 36.4 Å². The predicted molar refractivity (Wildman–Crippen MR) is 80.2 cm³/mol. The van der Waals surface area contributed by atoms with E-state index < -0.39 is 0 Å². The molecule has 2 aromatic carbocycles. The molecule has 0 amide bonds. The lowest BCUT2D eigenvalue weighted by Gasteiger charge is -2.08. The van der Waals surface area contributed by atoms with Gasteiger partial charge < -0.3 is 10.3 Å². The van der Waals surface area contributed by atoms with Gasteiger partial charge in [0.2, 0.25) is 0 Å². The zero-order valence-corrected chi connectivity index (χ0v) is 11.7. The molecule has 102 valence electrons. The van der Waals surface area contributed by atoms with E-state index in [9.17, 15) is 4.39 Å². The third kappa shape index (κ3) is 1.93. The molecule has 5 heteroatoms. The first kappa shape index (κ1) is 12.9. The van der Waals surface area contributed by atoms with Gasteiger partial charge in [0, 0.05) is 12.2 Å². The second-order valence-electron chi connectivity index (χ2n) is 4.53. The summed E-state index contributed by atoms with van der Waals surface area (Å²) in [6, 6.07) is 9.97. The summed E-state index contributed by atoms with van der Waals surface area (Å²) in [5.41, 5.74) is 8.20. The second-order valence-corrected chi connectivity index (χ2v) is 4.93. The Labute approximate surface area is 120 Å². The zero-order valence-electron chi connectivity index (χ0n) is 10.9. The molecule has 2 N–H and O–H groups in total. The maximum atomic E-state index is 14.1. The average Bonchev–Trinajstić information content (AvgIpc) is 2.81. The van der Waals surface area contributed by atoms with Crippen molar-refractivity contribution in [2.75, 3.05) is 5.73 Å². The van der Waals surface area contributed by atoms with Crippen LogP contribution in [-0.2, 0) is 6.54 Å². The molecule has 3 nitrogen and oxygen atoms in total. The topological polar surface area (TPSA) is 43.8 Å². The summed E-state index contributed by atoms with van der Waals surface area (Å²) in [5, 5.41) is 0.604. The molecule has 0 aliphatic heterocycles. The minimum atomic E-state index is -0.347. The molecule has 1 aromatic heterocycles. The Kier molecular flexibility index (Phi) is 3.10. The summed E-state index contributed by atoms with van der Waals surface area (Å²) in [5.74, 6) is 0.195. The number of rotatable bonds is 2. The van der Waals surface area contributed by atoms with Crippen LogP contribution in [0.1, 0.15) is 6.92 Å². The van der Waals surface area contributed by atoms with Gasteiger partial charge in [0.1, 0.15) is 11.6 Å². The molecular formula is C15H13ClFN3. The van der Waals surface area contributed by atoms with Crippen LogP contribution in [0.5, 0.6) is 0 Å². The lowest BCUT2D eigenvalue weighted by molar-refractivity contribution is 0.628. The van der Waals surface area contributed by atoms with Crippen molar-refractivity contribution < 1.29 is 4.39 Å². The van der Waals surface area contributed by atoms with Gasteiger partial charge in [-0.15, -0.1) is 0 Å². The van der Waals surface area contributed by atoms with Crippen molar-refractivity contribution in [1.29, 1.82) is 0 Å². The highest BCUT2D eigenvalue weighted by molar-refractivity contribution is 6.35. The van der Waals surface area contributed by atoms with Crippen LogP contribution in [0, 0.1) is 5.82 Å². The molecule has 0 saturated heterocycles. The van der Waals surface area contributed by atoms with Crippen molar-refractivity contribution in [3.63, 3.8) is 0 Å². The first-order chi connectivity index (χ1) is 9.61. The van der Waals surface area contributed by atoms with Crippen LogP contribution < -0.4 is 5.73 Å². The van der Waals surface area contributed by atoms with E-state index in [4.69, 9.17) is 17.3 Å². The monoisotopic (exact) mass is 289 g/mol. The van der Waals surface area contributed by atoms with E-state index in [0.717, 1.165) is 11.0 Å². The molecule has 0 unspecified atom stereocenters.